The van der Waals surface area contributed by atoms with Crippen molar-refractivity contribution in [2.24, 2.45) is 0 Å². The molecule has 4 aromatic heterocycles. The molecule has 0 fully saturated rings. The highest BCUT2D eigenvalue weighted by Crippen LogP contribution is 2.46. The van der Waals surface area contributed by atoms with Crippen LogP contribution in [0.2, 0.25) is 0 Å². The van der Waals surface area contributed by atoms with Crippen LogP contribution in [0.1, 0.15) is 24.2 Å². The smallest absolute Gasteiger partial charge is 0.165 e. The Bertz CT molecular complexity index is 3850. The molecule has 0 aliphatic heterocycles. The summed E-state index contributed by atoms with van der Waals surface area (Å²) in [6.07, 6.45) is 6.09. The lowest BCUT2D eigenvalue weighted by molar-refractivity contribution is 0.668. The molecule has 4 heterocycles. The minimum absolute atomic E-state index is 0.584. The van der Waals surface area contributed by atoms with Crippen molar-refractivity contribution in [1.29, 1.82) is 0 Å². The monoisotopic (exact) mass is 825 g/mol. The Labute approximate surface area is 365 Å². The van der Waals surface area contributed by atoms with E-state index in [1.54, 1.807) is 11.3 Å². The van der Waals surface area contributed by atoms with Crippen LogP contribution in [0.4, 0.5) is 0 Å². The highest BCUT2D eigenvalue weighted by molar-refractivity contribution is 7.26. The predicted molar refractivity (Wildman–Crippen MR) is 261 cm³/mol. The summed E-state index contributed by atoms with van der Waals surface area (Å²) in [6, 6.07) is 61.5. The van der Waals surface area contributed by atoms with Crippen LogP contribution < -0.4 is 0 Å². The van der Waals surface area contributed by atoms with Gasteiger partial charge in [-0.1, -0.05) is 152 Å². The summed E-state index contributed by atoms with van der Waals surface area (Å²) in [5, 5.41) is 6.52. The Morgan fingerprint density at radius 3 is 1.83 bits per heavy atom. The average molecular weight is 826 g/mol. The summed E-state index contributed by atoms with van der Waals surface area (Å²) in [5.41, 5.74) is 13.0. The summed E-state index contributed by atoms with van der Waals surface area (Å²) in [7, 11) is 0. The van der Waals surface area contributed by atoms with Gasteiger partial charge in [0, 0.05) is 58.4 Å². The van der Waals surface area contributed by atoms with E-state index in [-0.39, 0.29) is 0 Å². The molecule has 1 aliphatic carbocycles. The molecule has 0 spiro atoms. The van der Waals surface area contributed by atoms with E-state index in [4.69, 9.17) is 23.8 Å². The van der Waals surface area contributed by atoms with Crippen LogP contribution in [0.25, 0.3) is 120 Å². The quantitative estimate of drug-likeness (QED) is 0.167. The zero-order valence-corrected chi connectivity index (χ0v) is 34.7. The molecule has 296 valence electrons. The van der Waals surface area contributed by atoms with Gasteiger partial charge in [-0.25, -0.2) is 15.0 Å². The lowest BCUT2D eigenvalue weighted by Crippen LogP contribution is -2.05. The topological polar surface area (TPSA) is 65.0 Å². The molecule has 0 amide bonds. The third-order valence-corrected chi connectivity index (χ3v) is 13.8. The van der Waals surface area contributed by atoms with E-state index >= 15 is 0 Å². The van der Waals surface area contributed by atoms with Crippen molar-refractivity contribution < 1.29 is 8.83 Å². The van der Waals surface area contributed by atoms with Crippen LogP contribution in [0, 0.1) is 0 Å². The van der Waals surface area contributed by atoms with Crippen LogP contribution in [0.5, 0.6) is 0 Å². The first-order valence-corrected chi connectivity index (χ1v) is 22.1. The number of rotatable bonds is 6. The maximum Gasteiger partial charge on any atom is 0.165 e. The van der Waals surface area contributed by atoms with Gasteiger partial charge < -0.3 is 8.83 Å². The maximum absolute atomic E-state index is 6.68. The molecule has 13 rings (SSSR count). The summed E-state index contributed by atoms with van der Waals surface area (Å²) in [6.45, 7) is 0. The van der Waals surface area contributed by atoms with Gasteiger partial charge in [0.15, 0.2) is 17.5 Å². The molecule has 63 heavy (non-hydrogen) atoms. The molecule has 0 atom stereocenters. The molecule has 0 bridgehead atoms. The van der Waals surface area contributed by atoms with Gasteiger partial charge in [-0.2, -0.15) is 0 Å². The zero-order chi connectivity index (χ0) is 41.4. The Hall–Kier alpha value is -7.93. The standard InChI is InChI=1S/C57H35N3O2S/c1-2-12-34(13-3-1)35-24-26-36(27-25-35)37-28-30-38(31-29-37)55-58-56(46-20-11-19-44-40-15-6-9-23-50(40)63-54(44)46)60-57(59-55)52-41(32-33-49-51(52)45-16-5-8-22-48(45)61-49)43-18-10-17-42-39-14-4-7-21-47(39)62-53(42)43/h1-28,30,32-33H,29,31H2. The van der Waals surface area contributed by atoms with Crippen LogP contribution >= 0.6 is 11.3 Å². The average Bonchev–Trinajstić information content (AvgIpc) is 4.06. The molecule has 6 heteroatoms. The number of furan rings is 2. The highest BCUT2D eigenvalue weighted by atomic mass is 32.1. The van der Waals surface area contributed by atoms with Crippen molar-refractivity contribution in [3.8, 4) is 45.0 Å². The molecule has 12 aromatic rings. The summed E-state index contributed by atoms with van der Waals surface area (Å²) in [5.74, 6) is 1.89. The van der Waals surface area contributed by atoms with E-state index in [0.29, 0.717) is 17.5 Å². The molecule has 0 saturated heterocycles. The van der Waals surface area contributed by atoms with Crippen molar-refractivity contribution in [1.82, 2.24) is 15.0 Å². The number of aromatic nitrogens is 3. The molecule has 1 aliphatic rings. The largest absolute Gasteiger partial charge is 0.456 e. The van der Waals surface area contributed by atoms with E-state index in [1.165, 1.54) is 37.7 Å². The van der Waals surface area contributed by atoms with E-state index in [9.17, 15) is 0 Å². The molecular formula is C57H35N3O2S. The maximum atomic E-state index is 6.68. The predicted octanol–water partition coefficient (Wildman–Crippen LogP) is 16.0. The van der Waals surface area contributed by atoms with E-state index in [0.717, 1.165) is 89.2 Å². The molecule has 0 N–H and O–H groups in total. The van der Waals surface area contributed by atoms with Gasteiger partial charge in [-0.05, 0) is 82.6 Å². The van der Waals surface area contributed by atoms with Gasteiger partial charge in [0.05, 0.1) is 0 Å². The molecule has 5 nitrogen and oxygen atoms in total. The van der Waals surface area contributed by atoms with Gasteiger partial charge >= 0.3 is 0 Å². The summed E-state index contributed by atoms with van der Waals surface area (Å²) in [4.78, 5) is 16.3. The van der Waals surface area contributed by atoms with Crippen LogP contribution in [0.3, 0.4) is 0 Å². The lowest BCUT2D eigenvalue weighted by atomic mass is 9.91. The third kappa shape index (κ3) is 5.87. The van der Waals surface area contributed by atoms with Crippen molar-refractivity contribution in [2.75, 3.05) is 0 Å². The Kier molecular flexibility index (Phi) is 8.14. The molecular weight excluding hydrogens is 791 g/mol. The second-order valence-electron chi connectivity index (χ2n) is 16.2. The van der Waals surface area contributed by atoms with Gasteiger partial charge in [0.25, 0.3) is 0 Å². The van der Waals surface area contributed by atoms with E-state index < -0.39 is 0 Å². The van der Waals surface area contributed by atoms with Crippen molar-refractivity contribution >= 4 is 86.5 Å². The van der Waals surface area contributed by atoms with Gasteiger partial charge in [-0.3, -0.25) is 0 Å². The van der Waals surface area contributed by atoms with Crippen LogP contribution in [0.15, 0.2) is 197 Å². The lowest BCUT2D eigenvalue weighted by Gasteiger charge is -2.17. The first-order valence-electron chi connectivity index (χ1n) is 21.3. The molecule has 8 aromatic carbocycles. The number of hydrogen-bond acceptors (Lipinski definition) is 6. The number of fused-ring (bicyclic) bond motifs is 9. The fourth-order valence-corrected chi connectivity index (χ4v) is 10.7. The number of nitrogens with zero attached hydrogens (tertiary/aromatic N) is 3. The third-order valence-electron chi connectivity index (χ3n) is 12.5. The van der Waals surface area contributed by atoms with Crippen molar-refractivity contribution in [3.05, 3.63) is 199 Å². The highest BCUT2D eigenvalue weighted by Gasteiger charge is 2.25. The van der Waals surface area contributed by atoms with Crippen LogP contribution in [-0.2, 0) is 0 Å². The minimum Gasteiger partial charge on any atom is -0.456 e. The van der Waals surface area contributed by atoms with Crippen molar-refractivity contribution in [3.63, 3.8) is 0 Å². The first kappa shape index (κ1) is 35.8. The number of para-hydroxylation sites is 3. The number of hydrogen-bond donors (Lipinski definition) is 0. The van der Waals surface area contributed by atoms with E-state index in [2.05, 4.69) is 164 Å². The normalized spacial score (nSPS) is 13.1. The van der Waals surface area contributed by atoms with Gasteiger partial charge in [0.1, 0.15) is 22.3 Å². The van der Waals surface area contributed by atoms with Gasteiger partial charge in [-0.15, -0.1) is 11.3 Å². The summed E-state index contributed by atoms with van der Waals surface area (Å²) < 4.78 is 15.6. The fourth-order valence-electron chi connectivity index (χ4n) is 9.48. The van der Waals surface area contributed by atoms with Crippen LogP contribution in [-0.4, -0.2) is 15.0 Å². The van der Waals surface area contributed by atoms with E-state index in [1.807, 2.05) is 24.3 Å². The fraction of sp³-hybridized carbons (Fsp3) is 0.0351. The molecule has 0 unspecified atom stereocenters. The first-order chi connectivity index (χ1) is 31.2. The minimum atomic E-state index is 0.584. The van der Waals surface area contributed by atoms with Crippen molar-refractivity contribution in [2.45, 2.75) is 12.8 Å². The molecule has 0 radical (unpaired) electrons. The number of thiophene rings is 1. The zero-order valence-electron chi connectivity index (χ0n) is 33.9. The second kappa shape index (κ2) is 14.3. The Balaban J connectivity index is 1.05. The Morgan fingerprint density at radius 1 is 0.381 bits per heavy atom. The molecule has 0 saturated carbocycles. The Morgan fingerprint density at radius 2 is 1.00 bits per heavy atom. The second-order valence-corrected chi connectivity index (χ2v) is 17.2. The SMILES string of the molecule is C1=C(c2ccc(-c3ccccc3)cc2)CCC(c2nc(-c3cccc4c3sc3ccccc34)nc(-c3c(-c4cccc5c4oc4ccccc45)ccc4oc5ccccc5c34)n2)=C1. The summed E-state index contributed by atoms with van der Waals surface area (Å²) >= 11 is 1.78. The van der Waals surface area contributed by atoms with Gasteiger partial charge in [0.2, 0.25) is 0 Å². The number of benzene rings is 8. The number of allylic oxidation sites excluding steroid dienone is 4.